The minimum atomic E-state index is -1.88. The van der Waals surface area contributed by atoms with Gasteiger partial charge in [0.25, 0.3) is 0 Å². The van der Waals surface area contributed by atoms with E-state index in [0.29, 0.717) is 17.3 Å². The molecule has 2 aliphatic rings. The Labute approximate surface area is 148 Å². The van der Waals surface area contributed by atoms with Crippen LogP contribution in [0.25, 0.3) is 0 Å². The lowest BCUT2D eigenvalue weighted by Gasteiger charge is -2.40. The average molecular weight is 353 g/mol. The SMILES string of the molecule is CC[C@H](C)/C=C(C)/C=C/C1=CC2=C(Cl)C(=O)[C@@](C)(O)[C@H](O)[C@H]2CO1. The van der Waals surface area contributed by atoms with Crippen LogP contribution >= 0.6 is 11.6 Å². The van der Waals surface area contributed by atoms with Gasteiger partial charge in [-0.15, -0.1) is 0 Å². The number of allylic oxidation sites excluding steroid dienone is 5. The van der Waals surface area contributed by atoms with Crippen LogP contribution in [-0.2, 0) is 9.53 Å². The summed E-state index contributed by atoms with van der Waals surface area (Å²) in [5.74, 6) is -0.0834. The molecule has 0 aromatic carbocycles. The van der Waals surface area contributed by atoms with Crippen molar-refractivity contribution in [3.8, 4) is 0 Å². The summed E-state index contributed by atoms with van der Waals surface area (Å²) in [6.07, 6.45) is 7.46. The predicted octanol–water partition coefficient (Wildman–Crippen LogP) is 3.25. The normalized spacial score (nSPS) is 32.5. The minimum absolute atomic E-state index is 0.0311. The number of carbonyl (C=O) groups excluding carboxylic acids is 1. The Kier molecular flexibility index (Phi) is 5.74. The van der Waals surface area contributed by atoms with Gasteiger partial charge in [-0.05, 0) is 37.5 Å². The van der Waals surface area contributed by atoms with Crippen molar-refractivity contribution in [2.45, 2.75) is 45.8 Å². The zero-order valence-corrected chi connectivity index (χ0v) is 15.3. The lowest BCUT2D eigenvalue weighted by Crippen LogP contribution is -2.55. The van der Waals surface area contributed by atoms with E-state index in [-0.39, 0.29) is 11.6 Å². The van der Waals surface area contributed by atoms with E-state index in [1.54, 1.807) is 6.08 Å². The molecular formula is C19H25ClO4. The number of rotatable bonds is 4. The van der Waals surface area contributed by atoms with Crippen molar-refractivity contribution in [2.75, 3.05) is 6.61 Å². The molecule has 132 valence electrons. The standard InChI is InChI=1S/C19H25ClO4/c1-5-11(2)8-12(3)6-7-13-9-14-15(10-24-13)17(21)19(4,23)18(22)16(14)20/h6-9,11,15,17,21,23H,5,10H2,1-4H3/b7-6+,12-8+/t11-,15-,17+,19-/m0/s1. The fraction of sp³-hybridized carbons (Fsp3) is 0.526. The monoisotopic (exact) mass is 352 g/mol. The van der Waals surface area contributed by atoms with Crippen molar-refractivity contribution in [1.29, 1.82) is 0 Å². The first-order valence-corrected chi connectivity index (χ1v) is 8.62. The summed E-state index contributed by atoms with van der Waals surface area (Å²) in [6, 6.07) is 0. The van der Waals surface area contributed by atoms with E-state index >= 15 is 0 Å². The van der Waals surface area contributed by atoms with Crippen molar-refractivity contribution < 1.29 is 19.7 Å². The number of fused-ring (bicyclic) bond motifs is 1. The van der Waals surface area contributed by atoms with Gasteiger partial charge < -0.3 is 14.9 Å². The number of ether oxygens (including phenoxy) is 1. The smallest absolute Gasteiger partial charge is 0.208 e. The maximum absolute atomic E-state index is 12.1. The molecule has 2 N–H and O–H groups in total. The van der Waals surface area contributed by atoms with Crippen molar-refractivity contribution >= 4 is 17.4 Å². The van der Waals surface area contributed by atoms with Crippen LogP contribution in [0.5, 0.6) is 0 Å². The van der Waals surface area contributed by atoms with E-state index in [4.69, 9.17) is 16.3 Å². The van der Waals surface area contributed by atoms with E-state index in [9.17, 15) is 15.0 Å². The number of Topliss-reactive ketones (excluding diaryl/α,β-unsaturated/α-hetero) is 1. The van der Waals surface area contributed by atoms with Gasteiger partial charge in [-0.1, -0.05) is 49.6 Å². The fourth-order valence-corrected chi connectivity index (χ4v) is 3.26. The second-order valence-corrected chi connectivity index (χ2v) is 7.16. The lowest BCUT2D eigenvalue weighted by molar-refractivity contribution is -0.150. The average Bonchev–Trinajstić information content (AvgIpc) is 2.56. The zero-order valence-electron chi connectivity index (χ0n) is 14.5. The summed E-state index contributed by atoms with van der Waals surface area (Å²) in [4.78, 5) is 12.1. The molecule has 0 aromatic rings. The molecule has 24 heavy (non-hydrogen) atoms. The summed E-state index contributed by atoms with van der Waals surface area (Å²) >= 11 is 6.13. The van der Waals surface area contributed by atoms with Crippen molar-refractivity contribution in [2.24, 2.45) is 11.8 Å². The van der Waals surface area contributed by atoms with Gasteiger partial charge >= 0.3 is 0 Å². The molecule has 0 saturated carbocycles. The molecule has 0 radical (unpaired) electrons. The van der Waals surface area contributed by atoms with Crippen LogP contribution in [0.1, 0.15) is 34.1 Å². The Bertz CT molecular complexity index is 640. The van der Waals surface area contributed by atoms with Crippen LogP contribution < -0.4 is 0 Å². The Balaban J connectivity index is 2.28. The lowest BCUT2D eigenvalue weighted by atomic mass is 9.75. The van der Waals surface area contributed by atoms with Crippen LogP contribution in [0, 0.1) is 11.8 Å². The first-order chi connectivity index (χ1) is 11.2. The van der Waals surface area contributed by atoms with Gasteiger partial charge in [0.15, 0.2) is 5.60 Å². The van der Waals surface area contributed by atoms with Gasteiger partial charge in [-0.25, -0.2) is 0 Å². The van der Waals surface area contributed by atoms with E-state index in [1.165, 1.54) is 6.92 Å². The molecule has 2 rings (SSSR count). The zero-order chi connectivity index (χ0) is 18.1. The van der Waals surface area contributed by atoms with Gasteiger partial charge in [-0.3, -0.25) is 4.79 Å². The summed E-state index contributed by atoms with van der Waals surface area (Å²) in [5.41, 5.74) is -0.236. The summed E-state index contributed by atoms with van der Waals surface area (Å²) in [5, 5.41) is 20.4. The molecule has 4 atom stereocenters. The first kappa shape index (κ1) is 19.0. The molecule has 0 amide bonds. The molecule has 5 heteroatoms. The number of halogens is 1. The van der Waals surface area contributed by atoms with E-state index < -0.39 is 23.4 Å². The van der Waals surface area contributed by atoms with Crippen molar-refractivity contribution in [3.63, 3.8) is 0 Å². The van der Waals surface area contributed by atoms with Crippen LogP contribution in [0.15, 0.2) is 46.2 Å². The second kappa shape index (κ2) is 7.26. The highest BCUT2D eigenvalue weighted by atomic mass is 35.5. The van der Waals surface area contributed by atoms with Crippen molar-refractivity contribution in [3.05, 3.63) is 46.2 Å². The Morgan fingerprint density at radius 1 is 1.58 bits per heavy atom. The van der Waals surface area contributed by atoms with Gasteiger partial charge in [0.2, 0.25) is 5.78 Å². The molecule has 4 nitrogen and oxygen atoms in total. The van der Waals surface area contributed by atoms with E-state index in [2.05, 4.69) is 19.9 Å². The number of carbonyl (C=O) groups is 1. The Hall–Kier alpha value is -1.36. The van der Waals surface area contributed by atoms with Crippen LogP contribution in [-0.4, -0.2) is 34.3 Å². The molecule has 0 saturated heterocycles. The Morgan fingerprint density at radius 3 is 2.88 bits per heavy atom. The molecule has 1 aliphatic carbocycles. The minimum Gasteiger partial charge on any atom is -0.493 e. The molecule has 0 bridgehead atoms. The number of hydrogen-bond donors (Lipinski definition) is 2. The molecular weight excluding hydrogens is 328 g/mol. The number of ketones is 1. The third-order valence-corrected chi connectivity index (χ3v) is 5.09. The maximum atomic E-state index is 12.1. The van der Waals surface area contributed by atoms with Gasteiger partial charge in [-0.2, -0.15) is 0 Å². The highest BCUT2D eigenvalue weighted by Gasteiger charge is 2.50. The number of aliphatic hydroxyl groups is 2. The second-order valence-electron chi connectivity index (χ2n) is 6.78. The van der Waals surface area contributed by atoms with E-state index in [0.717, 1.165) is 12.0 Å². The Morgan fingerprint density at radius 2 is 2.25 bits per heavy atom. The maximum Gasteiger partial charge on any atom is 0.208 e. The molecule has 1 heterocycles. The summed E-state index contributed by atoms with van der Waals surface area (Å²) in [7, 11) is 0. The predicted molar refractivity (Wildman–Crippen MR) is 94.4 cm³/mol. The molecule has 0 fully saturated rings. The van der Waals surface area contributed by atoms with Crippen LogP contribution in [0.4, 0.5) is 0 Å². The van der Waals surface area contributed by atoms with Crippen LogP contribution in [0.3, 0.4) is 0 Å². The molecule has 0 spiro atoms. The van der Waals surface area contributed by atoms with Crippen molar-refractivity contribution in [1.82, 2.24) is 0 Å². The van der Waals surface area contributed by atoms with Gasteiger partial charge in [0, 0.05) is 5.92 Å². The first-order valence-electron chi connectivity index (χ1n) is 8.24. The largest absolute Gasteiger partial charge is 0.493 e. The number of aliphatic hydroxyl groups excluding tert-OH is 1. The highest BCUT2D eigenvalue weighted by molar-refractivity contribution is 6.44. The third-order valence-electron chi connectivity index (χ3n) is 4.70. The third kappa shape index (κ3) is 3.66. The summed E-state index contributed by atoms with van der Waals surface area (Å²) in [6.45, 7) is 7.76. The number of hydrogen-bond acceptors (Lipinski definition) is 4. The van der Waals surface area contributed by atoms with Gasteiger partial charge in [0.1, 0.15) is 11.9 Å². The highest BCUT2D eigenvalue weighted by Crippen LogP contribution is 2.40. The fourth-order valence-electron chi connectivity index (χ4n) is 2.88. The summed E-state index contributed by atoms with van der Waals surface area (Å²) < 4.78 is 5.65. The quantitative estimate of drug-likeness (QED) is 0.762. The molecule has 1 aliphatic heterocycles. The topological polar surface area (TPSA) is 66.8 Å². The molecule has 0 aromatic heterocycles. The van der Waals surface area contributed by atoms with Crippen LogP contribution in [0.2, 0.25) is 0 Å². The van der Waals surface area contributed by atoms with Gasteiger partial charge in [0.05, 0.1) is 11.6 Å². The molecule has 0 unspecified atom stereocenters. The van der Waals surface area contributed by atoms with E-state index in [1.807, 2.05) is 19.1 Å².